The van der Waals surface area contributed by atoms with E-state index in [0.29, 0.717) is 40.6 Å². The third-order valence-corrected chi connectivity index (χ3v) is 8.14. The Labute approximate surface area is 216 Å². The van der Waals surface area contributed by atoms with Crippen molar-refractivity contribution in [1.82, 2.24) is 4.90 Å². The lowest BCUT2D eigenvalue weighted by Gasteiger charge is -2.28. The molecule has 1 fully saturated rings. The van der Waals surface area contributed by atoms with Gasteiger partial charge in [-0.05, 0) is 68.1 Å². The molecule has 0 saturated carbocycles. The van der Waals surface area contributed by atoms with Gasteiger partial charge in [-0.1, -0.05) is 48.0 Å². The summed E-state index contributed by atoms with van der Waals surface area (Å²) < 4.78 is 28.3. The first-order valence-corrected chi connectivity index (χ1v) is 13.6. The van der Waals surface area contributed by atoms with Crippen LogP contribution in [0.5, 0.6) is 0 Å². The minimum atomic E-state index is -4.09. The molecule has 0 atom stereocenters. The van der Waals surface area contributed by atoms with Gasteiger partial charge < -0.3 is 10.2 Å². The molecule has 36 heavy (non-hydrogen) atoms. The molecule has 9 heteroatoms. The van der Waals surface area contributed by atoms with Gasteiger partial charge in [0.1, 0.15) is 6.54 Å². The molecule has 3 aromatic rings. The van der Waals surface area contributed by atoms with Crippen LogP contribution in [0.3, 0.4) is 0 Å². The van der Waals surface area contributed by atoms with Crippen LogP contribution in [0.4, 0.5) is 11.4 Å². The number of carbonyl (C=O) groups is 2. The summed E-state index contributed by atoms with van der Waals surface area (Å²) in [5, 5.41) is 3.11. The highest BCUT2D eigenvalue weighted by molar-refractivity contribution is 7.92. The van der Waals surface area contributed by atoms with Crippen LogP contribution in [-0.2, 0) is 14.8 Å². The van der Waals surface area contributed by atoms with Gasteiger partial charge in [0.05, 0.1) is 21.8 Å². The van der Waals surface area contributed by atoms with E-state index in [1.165, 1.54) is 18.2 Å². The summed E-state index contributed by atoms with van der Waals surface area (Å²) >= 11 is 6.19. The Hall–Kier alpha value is -3.36. The molecule has 0 aliphatic carbocycles. The predicted molar refractivity (Wildman–Crippen MR) is 142 cm³/mol. The van der Waals surface area contributed by atoms with Gasteiger partial charge in [-0.25, -0.2) is 8.42 Å². The molecule has 7 nitrogen and oxygen atoms in total. The summed E-state index contributed by atoms with van der Waals surface area (Å²) in [4.78, 5) is 28.2. The molecule has 4 rings (SSSR count). The van der Waals surface area contributed by atoms with Gasteiger partial charge in [0.25, 0.3) is 15.9 Å². The maximum Gasteiger partial charge on any atom is 0.264 e. The lowest BCUT2D eigenvalue weighted by Crippen LogP contribution is -2.39. The highest BCUT2D eigenvalue weighted by Gasteiger charge is 2.29. The fourth-order valence-electron chi connectivity index (χ4n) is 4.24. The Morgan fingerprint density at radius 1 is 0.944 bits per heavy atom. The average Bonchev–Trinajstić information content (AvgIpc) is 2.89. The van der Waals surface area contributed by atoms with E-state index in [2.05, 4.69) is 5.32 Å². The third kappa shape index (κ3) is 5.71. The van der Waals surface area contributed by atoms with Gasteiger partial charge in [0.15, 0.2) is 0 Å². The second-order valence-electron chi connectivity index (χ2n) is 8.70. The predicted octanol–water partition coefficient (Wildman–Crippen LogP) is 5.11. The first-order chi connectivity index (χ1) is 17.3. The fourth-order valence-corrected chi connectivity index (χ4v) is 5.90. The summed E-state index contributed by atoms with van der Waals surface area (Å²) in [5.41, 5.74) is 1.67. The molecule has 3 aromatic carbocycles. The number of hydrogen-bond donors (Lipinski definition) is 1. The first kappa shape index (κ1) is 25.7. The molecule has 1 heterocycles. The van der Waals surface area contributed by atoms with Crippen LogP contribution in [0.25, 0.3) is 0 Å². The van der Waals surface area contributed by atoms with Gasteiger partial charge in [0, 0.05) is 18.1 Å². The number of aryl methyl sites for hydroxylation is 1. The van der Waals surface area contributed by atoms with Crippen molar-refractivity contribution in [2.24, 2.45) is 0 Å². The molecular formula is C27H28ClN3O4S. The van der Waals surface area contributed by atoms with Crippen LogP contribution >= 0.6 is 11.6 Å². The molecule has 1 aliphatic heterocycles. The van der Waals surface area contributed by atoms with Crippen LogP contribution in [0, 0.1) is 6.92 Å². The van der Waals surface area contributed by atoms with E-state index in [4.69, 9.17) is 11.6 Å². The number of nitrogens with zero attached hydrogens (tertiary/aromatic N) is 2. The van der Waals surface area contributed by atoms with Crippen LogP contribution < -0.4 is 9.62 Å². The van der Waals surface area contributed by atoms with Crippen molar-refractivity contribution in [2.75, 3.05) is 29.3 Å². The van der Waals surface area contributed by atoms with Crippen molar-refractivity contribution >= 4 is 44.8 Å². The van der Waals surface area contributed by atoms with Gasteiger partial charge in [-0.15, -0.1) is 0 Å². The quantitative estimate of drug-likeness (QED) is 0.464. The Morgan fingerprint density at radius 2 is 1.61 bits per heavy atom. The van der Waals surface area contributed by atoms with Gasteiger partial charge in [-0.2, -0.15) is 0 Å². The lowest BCUT2D eigenvalue weighted by molar-refractivity contribution is -0.114. The SMILES string of the molecule is Cc1ccc(Cl)cc1N(CC(=O)Nc1ccccc1C(=O)N1CCCCC1)S(=O)(=O)c1ccccc1. The van der Waals surface area contributed by atoms with Crippen molar-refractivity contribution in [3.05, 3.63) is 88.9 Å². The van der Waals surface area contributed by atoms with Crippen molar-refractivity contribution in [3.8, 4) is 0 Å². The summed E-state index contributed by atoms with van der Waals surface area (Å²) in [6.45, 7) is 2.62. The summed E-state index contributed by atoms with van der Waals surface area (Å²) in [5.74, 6) is -0.724. The van der Waals surface area contributed by atoms with E-state index in [-0.39, 0.29) is 10.8 Å². The van der Waals surface area contributed by atoms with Crippen molar-refractivity contribution in [3.63, 3.8) is 0 Å². The fraction of sp³-hybridized carbons (Fsp3) is 0.259. The number of likely N-dealkylation sites (tertiary alicyclic amines) is 1. The Kier molecular flexibility index (Phi) is 7.96. The average molecular weight is 526 g/mol. The maximum absolute atomic E-state index is 13.6. The minimum absolute atomic E-state index is 0.0536. The molecule has 0 aromatic heterocycles. The van der Waals surface area contributed by atoms with Crippen molar-refractivity contribution in [2.45, 2.75) is 31.1 Å². The van der Waals surface area contributed by atoms with Crippen LogP contribution in [0.2, 0.25) is 5.02 Å². The number of halogens is 1. The highest BCUT2D eigenvalue weighted by Crippen LogP contribution is 2.30. The number of rotatable bonds is 7. The van der Waals surface area contributed by atoms with E-state index in [1.807, 2.05) is 0 Å². The highest BCUT2D eigenvalue weighted by atomic mass is 35.5. The van der Waals surface area contributed by atoms with Gasteiger partial charge in [-0.3, -0.25) is 13.9 Å². The lowest BCUT2D eigenvalue weighted by atomic mass is 10.1. The summed E-state index contributed by atoms with van der Waals surface area (Å²) in [6.07, 6.45) is 2.99. The van der Waals surface area contributed by atoms with E-state index in [1.54, 1.807) is 66.4 Å². The maximum atomic E-state index is 13.6. The van der Waals surface area contributed by atoms with Gasteiger partial charge >= 0.3 is 0 Å². The van der Waals surface area contributed by atoms with Crippen molar-refractivity contribution < 1.29 is 18.0 Å². The number of hydrogen-bond acceptors (Lipinski definition) is 4. The van der Waals surface area contributed by atoms with Crippen LogP contribution in [0.15, 0.2) is 77.7 Å². The molecular weight excluding hydrogens is 498 g/mol. The number of piperidine rings is 1. The topological polar surface area (TPSA) is 86.8 Å². The molecule has 0 bridgehead atoms. The summed E-state index contributed by atoms with van der Waals surface area (Å²) in [7, 11) is -4.09. The van der Waals surface area contributed by atoms with E-state index in [9.17, 15) is 18.0 Å². The molecule has 188 valence electrons. The number of benzene rings is 3. The normalized spacial score (nSPS) is 13.8. The second-order valence-corrected chi connectivity index (χ2v) is 11.0. The molecule has 1 aliphatic rings. The van der Waals surface area contributed by atoms with Crippen molar-refractivity contribution in [1.29, 1.82) is 0 Å². The Morgan fingerprint density at radius 3 is 2.33 bits per heavy atom. The first-order valence-electron chi connectivity index (χ1n) is 11.8. The van der Waals surface area contributed by atoms with E-state index >= 15 is 0 Å². The number of para-hydroxylation sites is 1. The Balaban J connectivity index is 1.64. The largest absolute Gasteiger partial charge is 0.339 e. The molecule has 0 spiro atoms. The second kappa shape index (κ2) is 11.1. The zero-order valence-electron chi connectivity index (χ0n) is 20.0. The monoisotopic (exact) mass is 525 g/mol. The van der Waals surface area contributed by atoms with Gasteiger partial charge in [0.2, 0.25) is 5.91 Å². The number of sulfonamides is 1. The number of anilines is 2. The summed E-state index contributed by atoms with van der Waals surface area (Å²) in [6, 6.07) is 19.6. The number of nitrogens with one attached hydrogen (secondary N) is 1. The zero-order valence-corrected chi connectivity index (χ0v) is 21.6. The number of carbonyl (C=O) groups excluding carboxylic acids is 2. The molecule has 2 amide bonds. The van der Waals surface area contributed by atoms with E-state index < -0.39 is 22.5 Å². The standard InChI is InChI=1S/C27H28ClN3O4S/c1-20-14-15-21(28)18-25(20)31(36(34,35)22-10-4-2-5-11-22)19-26(32)29-24-13-7-6-12-23(24)27(33)30-16-8-3-9-17-30/h2,4-7,10-15,18H,3,8-9,16-17,19H2,1H3,(H,29,32). The molecule has 1 N–H and O–H groups in total. The van der Waals surface area contributed by atoms with Crippen LogP contribution in [0.1, 0.15) is 35.2 Å². The molecule has 0 unspecified atom stereocenters. The smallest absolute Gasteiger partial charge is 0.264 e. The zero-order chi connectivity index (χ0) is 25.7. The molecule has 0 radical (unpaired) electrons. The third-order valence-electron chi connectivity index (χ3n) is 6.13. The molecule has 1 saturated heterocycles. The van der Waals surface area contributed by atoms with E-state index in [0.717, 1.165) is 23.6 Å². The Bertz CT molecular complexity index is 1360. The number of amides is 2. The van der Waals surface area contributed by atoms with Crippen LogP contribution in [-0.4, -0.2) is 44.8 Å². The minimum Gasteiger partial charge on any atom is -0.339 e.